The van der Waals surface area contributed by atoms with Crippen LogP contribution in [-0.4, -0.2) is 42.7 Å². The van der Waals surface area contributed by atoms with Gasteiger partial charge in [-0.25, -0.2) is 0 Å². The molecule has 0 amide bonds. The molecule has 0 radical (unpaired) electrons. The van der Waals surface area contributed by atoms with E-state index in [1.54, 1.807) is 0 Å². The summed E-state index contributed by atoms with van der Waals surface area (Å²) < 4.78 is 12.9. The van der Waals surface area contributed by atoms with Gasteiger partial charge in [0.25, 0.3) is 5.69 Å². The maximum Gasteiger partial charge on any atom is 0.255 e. The number of hydrogen-bond donors (Lipinski definition) is 1. The fourth-order valence-electron chi connectivity index (χ4n) is 2.52. The van der Waals surface area contributed by atoms with Gasteiger partial charge in [0.2, 0.25) is 0 Å². The molecule has 0 aliphatic carbocycles. The van der Waals surface area contributed by atoms with E-state index in [0.717, 1.165) is 10.3 Å². The number of ether oxygens (including phenoxy) is 2. The number of nitroso groups, excluding NO2 is 1. The van der Waals surface area contributed by atoms with Crippen LogP contribution in [0.25, 0.3) is 0 Å². The van der Waals surface area contributed by atoms with Crippen molar-refractivity contribution < 1.29 is 14.2 Å². The standard InChI is InChI=1S/C19H33N2O3/c1-13(2)20-18(12-23-14(3)4)19(24-15(5)6)16-8-10-17(11-9-16)21(7)22/h8-11,13-15,18-20H,12H2,1-7H3/q+1. The van der Waals surface area contributed by atoms with Gasteiger partial charge in [0, 0.05) is 27.8 Å². The molecule has 0 fully saturated rings. The van der Waals surface area contributed by atoms with E-state index in [-0.39, 0.29) is 24.4 Å². The van der Waals surface area contributed by atoms with Crippen LogP contribution in [0, 0.1) is 4.91 Å². The second-order valence-corrected chi connectivity index (χ2v) is 7.00. The van der Waals surface area contributed by atoms with Crippen molar-refractivity contribution in [1.82, 2.24) is 5.32 Å². The molecule has 0 bridgehead atoms. The molecule has 0 heterocycles. The van der Waals surface area contributed by atoms with Crippen LogP contribution in [0.1, 0.15) is 53.2 Å². The summed E-state index contributed by atoms with van der Waals surface area (Å²) in [7, 11) is 1.50. The number of nitrogens with zero attached hydrogens (tertiary/aromatic N) is 1. The molecular weight excluding hydrogens is 304 g/mol. The van der Waals surface area contributed by atoms with Crippen LogP contribution in [0.2, 0.25) is 0 Å². The van der Waals surface area contributed by atoms with Crippen molar-refractivity contribution in [2.45, 2.75) is 71.9 Å². The van der Waals surface area contributed by atoms with E-state index in [4.69, 9.17) is 9.47 Å². The molecule has 0 spiro atoms. The molecule has 136 valence electrons. The van der Waals surface area contributed by atoms with E-state index in [1.807, 2.05) is 52.0 Å². The summed E-state index contributed by atoms with van der Waals surface area (Å²) in [6.45, 7) is 12.9. The Balaban J connectivity index is 3.06. The Morgan fingerprint density at radius 1 is 1.00 bits per heavy atom. The number of nitrogens with one attached hydrogen (secondary N) is 1. The average molecular weight is 337 g/mol. The summed E-state index contributed by atoms with van der Waals surface area (Å²) >= 11 is 0. The molecule has 2 atom stereocenters. The third-order valence-electron chi connectivity index (χ3n) is 3.53. The lowest BCUT2D eigenvalue weighted by Crippen LogP contribution is -2.44. The molecule has 0 saturated carbocycles. The van der Waals surface area contributed by atoms with Gasteiger partial charge in [-0.3, -0.25) is 0 Å². The summed E-state index contributed by atoms with van der Waals surface area (Å²) in [5.74, 6) is 0. The predicted octanol–water partition coefficient (Wildman–Crippen LogP) is 3.98. The highest BCUT2D eigenvalue weighted by Crippen LogP contribution is 2.26. The van der Waals surface area contributed by atoms with Crippen molar-refractivity contribution in [2.24, 2.45) is 0 Å². The van der Waals surface area contributed by atoms with Crippen molar-refractivity contribution in [2.75, 3.05) is 13.7 Å². The average Bonchev–Trinajstić information content (AvgIpc) is 2.48. The van der Waals surface area contributed by atoms with Crippen molar-refractivity contribution in [1.29, 1.82) is 0 Å². The lowest BCUT2D eigenvalue weighted by atomic mass is 10.0. The lowest BCUT2D eigenvalue weighted by molar-refractivity contribution is -0.428. The highest BCUT2D eigenvalue weighted by atomic mass is 16.5. The monoisotopic (exact) mass is 337 g/mol. The van der Waals surface area contributed by atoms with Gasteiger partial charge in [-0.2, -0.15) is 0 Å². The SMILES string of the molecule is CC(C)NC(COC(C)C)C(OC(C)C)c1ccc([N+](C)=O)cc1. The van der Waals surface area contributed by atoms with Crippen LogP contribution in [0.5, 0.6) is 0 Å². The summed E-state index contributed by atoms with van der Waals surface area (Å²) in [4.78, 5) is 11.4. The highest BCUT2D eigenvalue weighted by molar-refractivity contribution is 5.34. The maximum absolute atomic E-state index is 11.4. The third-order valence-corrected chi connectivity index (χ3v) is 3.53. The molecule has 0 aliphatic heterocycles. The fraction of sp³-hybridized carbons (Fsp3) is 0.684. The molecule has 1 aromatic carbocycles. The van der Waals surface area contributed by atoms with E-state index < -0.39 is 0 Å². The molecule has 0 saturated heterocycles. The van der Waals surface area contributed by atoms with Crippen LogP contribution in [0.15, 0.2) is 24.3 Å². The van der Waals surface area contributed by atoms with Gasteiger partial charge in [0.15, 0.2) is 7.05 Å². The van der Waals surface area contributed by atoms with E-state index in [0.29, 0.717) is 18.3 Å². The molecule has 1 N–H and O–H groups in total. The number of hydrogen-bond acceptors (Lipinski definition) is 4. The second-order valence-electron chi connectivity index (χ2n) is 7.00. The summed E-state index contributed by atoms with van der Waals surface area (Å²) in [5, 5.41) is 3.55. The van der Waals surface area contributed by atoms with Crippen LogP contribution < -0.4 is 5.32 Å². The first-order chi connectivity index (χ1) is 11.2. The Hall–Kier alpha value is -1.30. The Kier molecular flexibility index (Phi) is 8.53. The van der Waals surface area contributed by atoms with Gasteiger partial charge in [0.05, 0.1) is 24.9 Å². The number of rotatable bonds is 10. The molecular formula is C19H33N2O3+. The minimum atomic E-state index is -0.142. The molecule has 24 heavy (non-hydrogen) atoms. The van der Waals surface area contributed by atoms with Crippen LogP contribution in [0.3, 0.4) is 0 Å². The van der Waals surface area contributed by atoms with E-state index >= 15 is 0 Å². The maximum atomic E-state index is 11.4. The molecule has 0 aromatic heterocycles. The lowest BCUT2D eigenvalue weighted by Gasteiger charge is -2.32. The third kappa shape index (κ3) is 7.07. The minimum absolute atomic E-state index is 0.0330. The normalized spacial score (nSPS) is 14.4. The summed E-state index contributed by atoms with van der Waals surface area (Å²) in [5.41, 5.74) is 1.67. The van der Waals surface area contributed by atoms with E-state index in [1.165, 1.54) is 7.05 Å². The zero-order valence-corrected chi connectivity index (χ0v) is 16.1. The number of benzene rings is 1. The van der Waals surface area contributed by atoms with Crippen LogP contribution >= 0.6 is 0 Å². The van der Waals surface area contributed by atoms with Crippen molar-refractivity contribution in [3.05, 3.63) is 34.7 Å². The Morgan fingerprint density at radius 2 is 1.58 bits per heavy atom. The predicted molar refractivity (Wildman–Crippen MR) is 97.8 cm³/mol. The molecule has 1 rings (SSSR count). The van der Waals surface area contributed by atoms with Crippen LogP contribution in [0.4, 0.5) is 5.69 Å². The van der Waals surface area contributed by atoms with Gasteiger partial charge in [-0.05, 0) is 45.4 Å². The second kappa shape index (κ2) is 9.87. The first-order valence-electron chi connectivity index (χ1n) is 8.74. The van der Waals surface area contributed by atoms with E-state index in [2.05, 4.69) is 19.2 Å². The summed E-state index contributed by atoms with van der Waals surface area (Å²) in [6.07, 6.45) is 0.113. The summed E-state index contributed by atoms with van der Waals surface area (Å²) in [6, 6.07) is 7.92. The van der Waals surface area contributed by atoms with Gasteiger partial charge in [-0.15, -0.1) is 0 Å². The smallest absolute Gasteiger partial charge is 0.255 e. The quantitative estimate of drug-likeness (QED) is 0.656. The molecule has 2 unspecified atom stereocenters. The largest absolute Gasteiger partial charge is 0.377 e. The van der Waals surface area contributed by atoms with Crippen molar-refractivity contribution in [3.8, 4) is 0 Å². The Bertz CT molecular complexity index is 498. The minimum Gasteiger partial charge on any atom is -0.377 e. The van der Waals surface area contributed by atoms with Gasteiger partial charge in [-0.1, -0.05) is 13.8 Å². The first kappa shape index (κ1) is 20.7. The fourth-order valence-corrected chi connectivity index (χ4v) is 2.52. The van der Waals surface area contributed by atoms with Crippen molar-refractivity contribution in [3.63, 3.8) is 0 Å². The zero-order chi connectivity index (χ0) is 18.3. The molecule has 0 aliphatic rings. The molecule has 5 nitrogen and oxygen atoms in total. The van der Waals surface area contributed by atoms with Crippen LogP contribution in [-0.2, 0) is 9.47 Å². The van der Waals surface area contributed by atoms with Gasteiger partial charge < -0.3 is 14.8 Å². The zero-order valence-electron chi connectivity index (χ0n) is 16.1. The first-order valence-corrected chi connectivity index (χ1v) is 8.74. The molecule has 5 heteroatoms. The van der Waals surface area contributed by atoms with Gasteiger partial charge in [0.1, 0.15) is 6.10 Å². The Labute approximate surface area is 146 Å². The van der Waals surface area contributed by atoms with E-state index in [9.17, 15) is 4.91 Å². The molecule has 1 aromatic rings. The highest BCUT2D eigenvalue weighted by Gasteiger charge is 2.27. The van der Waals surface area contributed by atoms with Crippen molar-refractivity contribution >= 4 is 5.69 Å². The Morgan fingerprint density at radius 3 is 2.00 bits per heavy atom. The van der Waals surface area contributed by atoms with Gasteiger partial charge >= 0.3 is 0 Å². The topological polar surface area (TPSA) is 50.6 Å².